The highest BCUT2D eigenvalue weighted by Crippen LogP contribution is 2.23. The van der Waals surface area contributed by atoms with Gasteiger partial charge in [0, 0.05) is 31.6 Å². The molecular formula is C14H17N5. The quantitative estimate of drug-likeness (QED) is 0.639. The second-order valence-corrected chi connectivity index (χ2v) is 4.74. The van der Waals surface area contributed by atoms with Crippen molar-refractivity contribution in [2.24, 2.45) is 5.84 Å². The van der Waals surface area contributed by atoms with Crippen molar-refractivity contribution in [1.82, 2.24) is 14.9 Å². The van der Waals surface area contributed by atoms with Crippen LogP contribution in [0.1, 0.15) is 16.8 Å². The Morgan fingerprint density at radius 2 is 2.05 bits per heavy atom. The maximum atomic E-state index is 5.51. The molecule has 3 rings (SSSR count). The molecule has 1 aromatic heterocycles. The van der Waals surface area contributed by atoms with Crippen LogP contribution in [0, 0.1) is 0 Å². The van der Waals surface area contributed by atoms with E-state index in [1.54, 1.807) is 6.33 Å². The van der Waals surface area contributed by atoms with E-state index < -0.39 is 0 Å². The van der Waals surface area contributed by atoms with E-state index in [0.29, 0.717) is 0 Å². The topological polar surface area (TPSA) is 67.1 Å². The third-order valence-corrected chi connectivity index (χ3v) is 3.47. The van der Waals surface area contributed by atoms with Gasteiger partial charge in [0.25, 0.3) is 0 Å². The number of hydrogen-bond donors (Lipinski definition) is 2. The number of nitrogens with zero attached hydrogens (tertiary/aromatic N) is 3. The Morgan fingerprint density at radius 3 is 2.84 bits per heavy atom. The number of nitrogens with two attached hydrogens (primary N) is 1. The van der Waals surface area contributed by atoms with Crippen LogP contribution in [0.4, 0.5) is 5.82 Å². The van der Waals surface area contributed by atoms with Gasteiger partial charge in [-0.25, -0.2) is 15.8 Å². The minimum atomic E-state index is 0.739. The number of anilines is 1. The molecule has 5 heteroatoms. The molecule has 0 radical (unpaired) electrons. The van der Waals surface area contributed by atoms with Crippen molar-refractivity contribution >= 4 is 5.82 Å². The number of hydrazine groups is 1. The second kappa shape index (κ2) is 5.34. The first kappa shape index (κ1) is 12.1. The molecule has 3 N–H and O–H groups in total. The van der Waals surface area contributed by atoms with Crippen molar-refractivity contribution in [3.8, 4) is 0 Å². The molecule has 0 amide bonds. The summed E-state index contributed by atoms with van der Waals surface area (Å²) in [4.78, 5) is 10.9. The van der Waals surface area contributed by atoms with Crippen LogP contribution < -0.4 is 11.3 Å². The molecular weight excluding hydrogens is 238 g/mol. The number of hydrogen-bond acceptors (Lipinski definition) is 5. The van der Waals surface area contributed by atoms with Gasteiger partial charge in [0.05, 0.1) is 5.69 Å². The molecule has 0 unspecified atom stereocenters. The zero-order valence-corrected chi connectivity index (χ0v) is 10.7. The largest absolute Gasteiger partial charge is 0.308 e. The molecule has 0 spiro atoms. The molecule has 19 heavy (non-hydrogen) atoms. The van der Waals surface area contributed by atoms with Crippen molar-refractivity contribution in [2.75, 3.05) is 12.0 Å². The minimum absolute atomic E-state index is 0.739. The van der Waals surface area contributed by atoms with Crippen LogP contribution in [0.25, 0.3) is 0 Å². The van der Waals surface area contributed by atoms with E-state index in [1.807, 2.05) is 6.07 Å². The van der Waals surface area contributed by atoms with E-state index >= 15 is 0 Å². The van der Waals surface area contributed by atoms with Gasteiger partial charge in [-0.1, -0.05) is 30.3 Å². The summed E-state index contributed by atoms with van der Waals surface area (Å²) in [5.41, 5.74) is 6.21. The van der Waals surface area contributed by atoms with Crippen molar-refractivity contribution < 1.29 is 0 Å². The third-order valence-electron chi connectivity index (χ3n) is 3.47. The van der Waals surface area contributed by atoms with Gasteiger partial charge in [-0.05, 0) is 5.56 Å². The summed E-state index contributed by atoms with van der Waals surface area (Å²) in [6.45, 7) is 2.80. The standard InChI is InChI=1S/C14H17N5/c15-18-14-12-9-19(7-6-13(12)16-10-17-14)8-11-4-2-1-3-5-11/h1-5,10H,6-9,15H2,(H,16,17,18). The fraction of sp³-hybridized carbons (Fsp3) is 0.286. The lowest BCUT2D eigenvalue weighted by molar-refractivity contribution is 0.243. The summed E-state index contributed by atoms with van der Waals surface area (Å²) in [7, 11) is 0. The lowest BCUT2D eigenvalue weighted by atomic mass is 10.1. The molecule has 2 heterocycles. The zero-order valence-electron chi connectivity index (χ0n) is 10.7. The van der Waals surface area contributed by atoms with Crippen LogP contribution in [-0.2, 0) is 19.5 Å². The molecule has 98 valence electrons. The van der Waals surface area contributed by atoms with Crippen molar-refractivity contribution in [1.29, 1.82) is 0 Å². The van der Waals surface area contributed by atoms with Gasteiger partial charge in [0.1, 0.15) is 12.1 Å². The fourth-order valence-electron chi connectivity index (χ4n) is 2.50. The maximum absolute atomic E-state index is 5.51. The Hall–Kier alpha value is -1.98. The number of aromatic nitrogens is 2. The normalized spacial score (nSPS) is 15.0. The average Bonchev–Trinajstić information content (AvgIpc) is 2.47. The number of fused-ring (bicyclic) bond motifs is 1. The van der Waals surface area contributed by atoms with Crippen LogP contribution in [-0.4, -0.2) is 21.4 Å². The van der Waals surface area contributed by atoms with Gasteiger partial charge in [-0.15, -0.1) is 0 Å². The summed E-state index contributed by atoms with van der Waals surface area (Å²) >= 11 is 0. The lowest BCUT2D eigenvalue weighted by Crippen LogP contribution is -2.32. The average molecular weight is 255 g/mol. The predicted octanol–water partition coefficient (Wildman–Crippen LogP) is 1.32. The van der Waals surface area contributed by atoms with Gasteiger partial charge in [0.15, 0.2) is 0 Å². The fourth-order valence-corrected chi connectivity index (χ4v) is 2.50. The molecule has 0 saturated carbocycles. The Balaban J connectivity index is 1.78. The van der Waals surface area contributed by atoms with Crippen LogP contribution in [0.5, 0.6) is 0 Å². The highest BCUT2D eigenvalue weighted by molar-refractivity contribution is 5.45. The molecule has 0 atom stereocenters. The van der Waals surface area contributed by atoms with E-state index in [0.717, 1.165) is 43.1 Å². The molecule has 0 bridgehead atoms. The van der Waals surface area contributed by atoms with Crippen LogP contribution in [0.2, 0.25) is 0 Å². The Labute approximate surface area is 112 Å². The molecule has 1 aromatic carbocycles. The SMILES string of the molecule is NNc1ncnc2c1CN(Cc1ccccc1)CC2. The third kappa shape index (κ3) is 2.57. The molecule has 0 aliphatic carbocycles. The number of benzene rings is 1. The van der Waals surface area contributed by atoms with E-state index in [2.05, 4.69) is 44.6 Å². The van der Waals surface area contributed by atoms with E-state index in [9.17, 15) is 0 Å². The first-order chi connectivity index (χ1) is 9.36. The van der Waals surface area contributed by atoms with Crippen LogP contribution in [0.15, 0.2) is 36.7 Å². The summed E-state index contributed by atoms with van der Waals surface area (Å²) in [5, 5.41) is 0. The van der Waals surface area contributed by atoms with Gasteiger partial charge in [-0.3, -0.25) is 4.90 Å². The van der Waals surface area contributed by atoms with Gasteiger partial charge in [0.2, 0.25) is 0 Å². The summed E-state index contributed by atoms with van der Waals surface area (Å²) < 4.78 is 0. The van der Waals surface area contributed by atoms with Gasteiger partial charge in [-0.2, -0.15) is 0 Å². The molecule has 2 aromatic rings. The Morgan fingerprint density at radius 1 is 1.21 bits per heavy atom. The Kier molecular flexibility index (Phi) is 3.39. The summed E-state index contributed by atoms with van der Waals surface area (Å²) in [6.07, 6.45) is 2.51. The van der Waals surface area contributed by atoms with Gasteiger partial charge >= 0.3 is 0 Å². The monoisotopic (exact) mass is 255 g/mol. The van der Waals surface area contributed by atoms with Crippen molar-refractivity contribution in [2.45, 2.75) is 19.5 Å². The molecule has 1 aliphatic heterocycles. The number of rotatable bonds is 3. The molecule has 0 saturated heterocycles. The number of nitrogens with one attached hydrogen (secondary N) is 1. The highest BCUT2D eigenvalue weighted by Gasteiger charge is 2.20. The first-order valence-electron chi connectivity index (χ1n) is 6.42. The van der Waals surface area contributed by atoms with E-state index in [1.165, 1.54) is 5.56 Å². The van der Waals surface area contributed by atoms with Crippen LogP contribution in [0.3, 0.4) is 0 Å². The lowest BCUT2D eigenvalue weighted by Gasteiger charge is -2.28. The van der Waals surface area contributed by atoms with E-state index in [-0.39, 0.29) is 0 Å². The predicted molar refractivity (Wildman–Crippen MR) is 74.1 cm³/mol. The Bertz CT molecular complexity index is 541. The zero-order chi connectivity index (χ0) is 13.1. The smallest absolute Gasteiger partial charge is 0.148 e. The summed E-state index contributed by atoms with van der Waals surface area (Å²) in [6, 6.07) is 10.5. The first-order valence-corrected chi connectivity index (χ1v) is 6.42. The second-order valence-electron chi connectivity index (χ2n) is 4.74. The van der Waals surface area contributed by atoms with Crippen molar-refractivity contribution in [3.63, 3.8) is 0 Å². The van der Waals surface area contributed by atoms with E-state index in [4.69, 9.17) is 5.84 Å². The van der Waals surface area contributed by atoms with Gasteiger partial charge < -0.3 is 5.43 Å². The molecule has 5 nitrogen and oxygen atoms in total. The van der Waals surface area contributed by atoms with Crippen LogP contribution >= 0.6 is 0 Å². The highest BCUT2D eigenvalue weighted by atomic mass is 15.3. The number of nitrogen functional groups attached to an aromatic ring is 1. The minimum Gasteiger partial charge on any atom is -0.308 e. The molecule has 0 fully saturated rings. The summed E-state index contributed by atoms with van der Waals surface area (Å²) in [5.74, 6) is 6.25. The van der Waals surface area contributed by atoms with Crippen molar-refractivity contribution in [3.05, 3.63) is 53.5 Å². The molecule has 1 aliphatic rings. The maximum Gasteiger partial charge on any atom is 0.148 e.